The van der Waals surface area contributed by atoms with Crippen molar-refractivity contribution >= 4 is 43.6 Å². The Balaban J connectivity index is 1.33. The Labute approximate surface area is 277 Å². The van der Waals surface area contributed by atoms with E-state index in [4.69, 9.17) is 0 Å². The molecule has 0 bridgehead atoms. The van der Waals surface area contributed by atoms with Crippen LogP contribution in [-0.4, -0.2) is 9.13 Å². The van der Waals surface area contributed by atoms with Crippen LogP contribution in [0.15, 0.2) is 158 Å². The number of hydrogen-bond acceptors (Lipinski definition) is 2. The van der Waals surface area contributed by atoms with E-state index in [-0.39, 0.29) is 0 Å². The molecule has 0 spiro atoms. The van der Waals surface area contributed by atoms with Gasteiger partial charge >= 0.3 is 0 Å². The molecule has 2 aromatic heterocycles. The van der Waals surface area contributed by atoms with Gasteiger partial charge in [0, 0.05) is 32.8 Å². The van der Waals surface area contributed by atoms with Crippen molar-refractivity contribution in [3.63, 3.8) is 0 Å². The molecular formula is C44H26N4. The minimum absolute atomic E-state index is 0.559. The summed E-state index contributed by atoms with van der Waals surface area (Å²) in [5, 5.41) is 25.3. The average Bonchev–Trinajstić information content (AvgIpc) is 3.67. The minimum Gasteiger partial charge on any atom is -0.309 e. The van der Waals surface area contributed by atoms with E-state index in [1.54, 1.807) is 0 Å². The quantitative estimate of drug-likeness (QED) is 0.199. The zero-order valence-corrected chi connectivity index (χ0v) is 25.8. The first-order valence-corrected chi connectivity index (χ1v) is 15.9. The fourth-order valence-corrected chi connectivity index (χ4v) is 7.37. The second kappa shape index (κ2) is 10.9. The maximum absolute atomic E-state index is 10.5. The SMILES string of the molecule is N#Cc1ccc(-c2c(C#N)cccc2-n2c3ccccc3c3ccccc32)c(-c2cccc(-n3c4ccccc4c4ccccc43)c2)c1. The molecule has 0 radical (unpaired) electrons. The molecule has 7 aromatic carbocycles. The van der Waals surface area contributed by atoms with Gasteiger partial charge in [-0.15, -0.1) is 0 Å². The fraction of sp³-hybridized carbons (Fsp3) is 0. The molecule has 9 rings (SSSR count). The highest BCUT2D eigenvalue weighted by atomic mass is 15.0. The maximum Gasteiger partial charge on any atom is 0.0998 e. The number of nitrogens with zero attached hydrogens (tertiary/aromatic N) is 4. The van der Waals surface area contributed by atoms with Gasteiger partial charge in [-0.1, -0.05) is 97.1 Å². The normalized spacial score (nSPS) is 11.3. The first-order valence-electron chi connectivity index (χ1n) is 15.9. The molecule has 222 valence electrons. The lowest BCUT2D eigenvalue weighted by Gasteiger charge is -2.19. The van der Waals surface area contributed by atoms with E-state index < -0.39 is 0 Å². The van der Waals surface area contributed by atoms with Gasteiger partial charge in [-0.2, -0.15) is 10.5 Å². The number of benzene rings is 7. The third kappa shape index (κ3) is 4.07. The average molecular weight is 611 g/mol. The van der Waals surface area contributed by atoms with Gasteiger partial charge in [0.15, 0.2) is 0 Å². The van der Waals surface area contributed by atoms with Crippen molar-refractivity contribution in [3.05, 3.63) is 169 Å². The molecule has 0 aliphatic rings. The minimum atomic E-state index is 0.559. The molecule has 0 aliphatic carbocycles. The molecule has 2 heterocycles. The molecule has 0 N–H and O–H groups in total. The van der Waals surface area contributed by atoms with Crippen molar-refractivity contribution in [2.75, 3.05) is 0 Å². The Bertz CT molecular complexity index is 2710. The largest absolute Gasteiger partial charge is 0.309 e. The number of rotatable bonds is 4. The topological polar surface area (TPSA) is 57.4 Å². The fourth-order valence-electron chi connectivity index (χ4n) is 7.37. The van der Waals surface area contributed by atoms with Crippen molar-refractivity contribution in [1.29, 1.82) is 10.5 Å². The van der Waals surface area contributed by atoms with Crippen molar-refractivity contribution in [1.82, 2.24) is 9.13 Å². The van der Waals surface area contributed by atoms with Crippen LogP contribution in [0.4, 0.5) is 0 Å². The zero-order valence-electron chi connectivity index (χ0n) is 25.8. The second-order valence-electron chi connectivity index (χ2n) is 12.0. The number of aromatic nitrogens is 2. The number of fused-ring (bicyclic) bond motifs is 6. The third-order valence-corrected chi connectivity index (χ3v) is 9.40. The smallest absolute Gasteiger partial charge is 0.0998 e. The Kier molecular flexibility index (Phi) is 6.22. The Morgan fingerprint density at radius 1 is 0.417 bits per heavy atom. The van der Waals surface area contributed by atoms with E-state index in [0.29, 0.717) is 11.1 Å². The van der Waals surface area contributed by atoms with E-state index in [1.165, 1.54) is 10.8 Å². The highest BCUT2D eigenvalue weighted by Crippen LogP contribution is 2.42. The standard InChI is InChI=1S/C44H26N4/c45-27-29-23-24-37(44-31(28-46)12-10-22-43(44)48-41-20-7-3-16-35(41)36-17-4-8-21-42(36)48)38(25-29)30-11-9-13-32(26-30)47-39-18-5-1-14-33(39)34-15-2-6-19-40(34)47/h1-26H. The van der Waals surface area contributed by atoms with Gasteiger partial charge in [0.25, 0.3) is 0 Å². The van der Waals surface area contributed by atoms with Gasteiger partial charge in [-0.25, -0.2) is 0 Å². The molecule has 9 aromatic rings. The number of hydrogen-bond donors (Lipinski definition) is 0. The lowest BCUT2D eigenvalue weighted by atomic mass is 9.89. The van der Waals surface area contributed by atoms with Crippen molar-refractivity contribution in [2.45, 2.75) is 0 Å². The lowest BCUT2D eigenvalue weighted by molar-refractivity contribution is 1.18. The first kappa shape index (κ1) is 27.4. The van der Waals surface area contributed by atoms with Gasteiger partial charge in [-0.3, -0.25) is 0 Å². The summed E-state index contributed by atoms with van der Waals surface area (Å²) in [6.45, 7) is 0. The predicted octanol–water partition coefficient (Wildman–Crippen LogP) is 11.0. The lowest BCUT2D eigenvalue weighted by Crippen LogP contribution is -2.01. The Morgan fingerprint density at radius 2 is 0.958 bits per heavy atom. The molecule has 0 amide bonds. The summed E-state index contributed by atoms with van der Waals surface area (Å²) >= 11 is 0. The molecule has 0 unspecified atom stereocenters. The highest BCUT2D eigenvalue weighted by molar-refractivity contribution is 6.11. The van der Waals surface area contributed by atoms with E-state index in [9.17, 15) is 10.5 Å². The van der Waals surface area contributed by atoms with Crippen molar-refractivity contribution in [2.24, 2.45) is 0 Å². The van der Waals surface area contributed by atoms with Gasteiger partial charge in [0.05, 0.1) is 51.0 Å². The van der Waals surface area contributed by atoms with Gasteiger partial charge < -0.3 is 9.13 Å². The van der Waals surface area contributed by atoms with Crippen LogP contribution < -0.4 is 0 Å². The first-order chi connectivity index (χ1) is 23.7. The van der Waals surface area contributed by atoms with Gasteiger partial charge in [-0.05, 0) is 77.4 Å². The van der Waals surface area contributed by atoms with Crippen molar-refractivity contribution in [3.8, 4) is 45.8 Å². The Morgan fingerprint density at radius 3 is 1.52 bits per heavy atom. The van der Waals surface area contributed by atoms with E-state index in [2.05, 4.69) is 149 Å². The summed E-state index contributed by atoms with van der Waals surface area (Å²) in [6, 6.07) is 58.8. The van der Waals surface area contributed by atoms with E-state index in [1.807, 2.05) is 30.3 Å². The van der Waals surface area contributed by atoms with Crippen LogP contribution >= 0.6 is 0 Å². The predicted molar refractivity (Wildman–Crippen MR) is 195 cm³/mol. The molecule has 0 fully saturated rings. The third-order valence-electron chi connectivity index (χ3n) is 9.40. The van der Waals surface area contributed by atoms with Crippen LogP contribution in [0, 0.1) is 22.7 Å². The molecule has 4 heteroatoms. The van der Waals surface area contributed by atoms with Crippen LogP contribution in [0.5, 0.6) is 0 Å². The van der Waals surface area contributed by atoms with Crippen LogP contribution in [0.3, 0.4) is 0 Å². The molecule has 48 heavy (non-hydrogen) atoms. The van der Waals surface area contributed by atoms with E-state index in [0.717, 1.165) is 66.5 Å². The van der Waals surface area contributed by atoms with E-state index >= 15 is 0 Å². The monoisotopic (exact) mass is 610 g/mol. The van der Waals surface area contributed by atoms with Crippen LogP contribution in [0.1, 0.15) is 11.1 Å². The van der Waals surface area contributed by atoms with Crippen molar-refractivity contribution < 1.29 is 0 Å². The molecular weight excluding hydrogens is 585 g/mol. The van der Waals surface area contributed by atoms with Crippen LogP contribution in [0.25, 0.3) is 77.2 Å². The summed E-state index contributed by atoms with van der Waals surface area (Å²) in [6.07, 6.45) is 0. The van der Waals surface area contributed by atoms with Crippen LogP contribution in [0.2, 0.25) is 0 Å². The van der Waals surface area contributed by atoms with Gasteiger partial charge in [0.2, 0.25) is 0 Å². The molecule has 0 atom stereocenters. The Hall–Kier alpha value is -6.88. The van der Waals surface area contributed by atoms with Gasteiger partial charge in [0.1, 0.15) is 0 Å². The summed E-state index contributed by atoms with van der Waals surface area (Å²) < 4.78 is 4.56. The molecule has 4 nitrogen and oxygen atoms in total. The number of para-hydroxylation sites is 4. The maximum atomic E-state index is 10.5. The summed E-state index contributed by atoms with van der Waals surface area (Å²) in [5.74, 6) is 0. The molecule has 0 aliphatic heterocycles. The number of nitriles is 2. The van der Waals surface area contributed by atoms with Crippen LogP contribution in [-0.2, 0) is 0 Å². The molecule has 0 saturated heterocycles. The molecule has 0 saturated carbocycles. The summed E-state index contributed by atoms with van der Waals surface area (Å²) in [7, 11) is 0. The summed E-state index contributed by atoms with van der Waals surface area (Å²) in [5.41, 5.74) is 11.0. The summed E-state index contributed by atoms with van der Waals surface area (Å²) in [4.78, 5) is 0. The highest BCUT2D eigenvalue weighted by Gasteiger charge is 2.21. The second-order valence-corrected chi connectivity index (χ2v) is 12.0. The zero-order chi connectivity index (χ0) is 32.2.